The molecule has 2 aromatic rings. The number of benzene rings is 2. The molecule has 0 unspecified atom stereocenters. The lowest BCUT2D eigenvalue weighted by Gasteiger charge is -2.14. The average molecular weight is 379 g/mol. The fourth-order valence-electron chi connectivity index (χ4n) is 2.87. The maximum absolute atomic E-state index is 12.4. The second-order valence-corrected chi connectivity index (χ2v) is 6.51. The lowest BCUT2D eigenvalue weighted by Crippen LogP contribution is -2.28. The monoisotopic (exact) mass is 379 g/mol. The second kappa shape index (κ2) is 8.47. The molecule has 1 saturated heterocycles. The van der Waals surface area contributed by atoms with Crippen molar-refractivity contribution in [2.75, 3.05) is 10.6 Å². The van der Waals surface area contributed by atoms with Gasteiger partial charge < -0.3 is 10.6 Å². The van der Waals surface area contributed by atoms with Crippen LogP contribution in [-0.2, 0) is 20.9 Å². The number of hydrogen-bond acceptors (Lipinski definition) is 4. The lowest BCUT2D eigenvalue weighted by molar-refractivity contribution is -0.139. The molecule has 1 aliphatic rings. The summed E-state index contributed by atoms with van der Waals surface area (Å²) in [6, 6.07) is 13.7. The van der Waals surface area contributed by atoms with Gasteiger partial charge in [0.15, 0.2) is 0 Å². The molecular formula is C21H21N3O4. The maximum Gasteiger partial charge on any atom is 0.255 e. The number of anilines is 2. The zero-order valence-electron chi connectivity index (χ0n) is 15.5. The molecule has 7 nitrogen and oxygen atoms in total. The summed E-state index contributed by atoms with van der Waals surface area (Å²) in [6.07, 6.45) is 0.895. The normalized spacial score (nSPS) is 13.5. The molecule has 0 atom stereocenters. The van der Waals surface area contributed by atoms with Gasteiger partial charge in [0.2, 0.25) is 17.7 Å². The van der Waals surface area contributed by atoms with Gasteiger partial charge in [0.25, 0.3) is 5.91 Å². The molecule has 1 heterocycles. The van der Waals surface area contributed by atoms with Crippen LogP contribution >= 0.6 is 0 Å². The third-order valence-corrected chi connectivity index (χ3v) is 4.44. The van der Waals surface area contributed by atoms with E-state index in [1.807, 2.05) is 0 Å². The topological polar surface area (TPSA) is 95.6 Å². The molecule has 0 aromatic heterocycles. The Balaban J connectivity index is 1.63. The van der Waals surface area contributed by atoms with E-state index in [1.54, 1.807) is 55.5 Å². The molecule has 0 spiro atoms. The number of likely N-dealkylation sites (tertiary alicyclic amines) is 1. The maximum atomic E-state index is 12.4. The highest BCUT2D eigenvalue weighted by Crippen LogP contribution is 2.18. The summed E-state index contributed by atoms with van der Waals surface area (Å²) in [5.74, 6) is -0.725. The predicted octanol–water partition coefficient (Wildman–Crippen LogP) is 2.94. The van der Waals surface area contributed by atoms with Crippen LogP contribution in [0.25, 0.3) is 0 Å². The van der Waals surface area contributed by atoms with Gasteiger partial charge in [0, 0.05) is 36.2 Å². The first kappa shape index (κ1) is 19.3. The minimum absolute atomic E-state index is 0.103. The van der Waals surface area contributed by atoms with Gasteiger partial charge in [-0.25, -0.2) is 0 Å². The van der Waals surface area contributed by atoms with E-state index >= 15 is 0 Å². The predicted molar refractivity (Wildman–Crippen MR) is 105 cm³/mol. The largest absolute Gasteiger partial charge is 0.326 e. The number of carbonyl (C=O) groups excluding carboxylic acids is 4. The molecule has 4 amide bonds. The fourth-order valence-corrected chi connectivity index (χ4v) is 2.87. The summed E-state index contributed by atoms with van der Waals surface area (Å²) in [5.41, 5.74) is 2.41. The lowest BCUT2D eigenvalue weighted by atomic mass is 10.1. The number of nitrogens with zero attached hydrogens (tertiary/aromatic N) is 1. The van der Waals surface area contributed by atoms with Gasteiger partial charge in [-0.15, -0.1) is 0 Å². The van der Waals surface area contributed by atoms with Crippen molar-refractivity contribution in [3.05, 3.63) is 59.7 Å². The van der Waals surface area contributed by atoms with Gasteiger partial charge in [-0.05, 0) is 35.9 Å². The van der Waals surface area contributed by atoms with Crippen LogP contribution in [0.5, 0.6) is 0 Å². The molecular weight excluding hydrogens is 358 g/mol. The van der Waals surface area contributed by atoms with E-state index in [-0.39, 0.29) is 43.0 Å². The number of rotatable bonds is 6. The smallest absolute Gasteiger partial charge is 0.255 e. The first-order valence-corrected chi connectivity index (χ1v) is 9.09. The SMILES string of the molecule is CCC(=O)Nc1cccc(NC(=O)c2ccc(CN3C(=O)CCC3=O)cc2)c1. The highest BCUT2D eigenvalue weighted by molar-refractivity contribution is 6.05. The van der Waals surface area contributed by atoms with Crippen LogP contribution in [0.4, 0.5) is 11.4 Å². The van der Waals surface area contributed by atoms with E-state index in [2.05, 4.69) is 10.6 Å². The molecule has 7 heteroatoms. The molecule has 0 aliphatic carbocycles. The molecule has 2 aromatic carbocycles. The zero-order chi connectivity index (χ0) is 20.1. The number of imide groups is 1. The molecule has 28 heavy (non-hydrogen) atoms. The van der Waals surface area contributed by atoms with Gasteiger partial charge in [-0.2, -0.15) is 0 Å². The van der Waals surface area contributed by atoms with E-state index < -0.39 is 0 Å². The molecule has 0 radical (unpaired) electrons. The molecule has 3 rings (SSSR count). The molecule has 1 aliphatic heterocycles. The third kappa shape index (κ3) is 4.62. The molecule has 144 valence electrons. The Morgan fingerprint density at radius 3 is 2.14 bits per heavy atom. The van der Waals surface area contributed by atoms with Crippen LogP contribution in [-0.4, -0.2) is 28.5 Å². The van der Waals surface area contributed by atoms with Crippen molar-refractivity contribution < 1.29 is 19.2 Å². The Labute approximate surface area is 162 Å². The van der Waals surface area contributed by atoms with Crippen molar-refractivity contribution in [1.29, 1.82) is 0 Å². The molecule has 0 bridgehead atoms. The number of nitrogens with one attached hydrogen (secondary N) is 2. The van der Waals surface area contributed by atoms with E-state index in [4.69, 9.17) is 0 Å². The van der Waals surface area contributed by atoms with Crippen molar-refractivity contribution >= 4 is 35.0 Å². The van der Waals surface area contributed by atoms with Gasteiger partial charge in [-0.1, -0.05) is 25.1 Å². The number of hydrogen-bond donors (Lipinski definition) is 2. The number of carbonyl (C=O) groups is 4. The van der Waals surface area contributed by atoms with Crippen LogP contribution in [0.1, 0.15) is 42.1 Å². The summed E-state index contributed by atoms with van der Waals surface area (Å²) in [4.78, 5) is 48.6. The Morgan fingerprint density at radius 2 is 1.54 bits per heavy atom. The summed E-state index contributed by atoms with van der Waals surface area (Å²) in [5, 5.41) is 5.53. The average Bonchev–Trinajstić information content (AvgIpc) is 3.00. The van der Waals surface area contributed by atoms with Crippen molar-refractivity contribution in [2.45, 2.75) is 32.7 Å². The van der Waals surface area contributed by atoms with Crippen molar-refractivity contribution in [3.63, 3.8) is 0 Å². The summed E-state index contributed by atoms with van der Waals surface area (Å²) in [7, 11) is 0. The highest BCUT2D eigenvalue weighted by atomic mass is 16.2. The van der Waals surface area contributed by atoms with E-state index in [0.29, 0.717) is 23.4 Å². The van der Waals surface area contributed by atoms with Gasteiger partial charge in [-0.3, -0.25) is 24.1 Å². The molecule has 2 N–H and O–H groups in total. The van der Waals surface area contributed by atoms with Gasteiger partial charge in [0.1, 0.15) is 0 Å². The number of amides is 4. The summed E-state index contributed by atoms with van der Waals surface area (Å²) < 4.78 is 0. The van der Waals surface area contributed by atoms with Crippen LogP contribution in [0.15, 0.2) is 48.5 Å². The van der Waals surface area contributed by atoms with E-state index in [9.17, 15) is 19.2 Å². The van der Waals surface area contributed by atoms with Crippen LogP contribution in [0.3, 0.4) is 0 Å². The van der Waals surface area contributed by atoms with Crippen molar-refractivity contribution in [1.82, 2.24) is 4.90 Å². The minimum Gasteiger partial charge on any atom is -0.326 e. The Bertz CT molecular complexity index is 906. The van der Waals surface area contributed by atoms with Crippen molar-refractivity contribution in [2.24, 2.45) is 0 Å². The molecule has 0 saturated carbocycles. The van der Waals surface area contributed by atoms with E-state index in [1.165, 1.54) is 4.90 Å². The van der Waals surface area contributed by atoms with Gasteiger partial charge in [0.05, 0.1) is 6.54 Å². The van der Waals surface area contributed by atoms with Crippen LogP contribution in [0, 0.1) is 0 Å². The first-order valence-electron chi connectivity index (χ1n) is 9.09. The highest BCUT2D eigenvalue weighted by Gasteiger charge is 2.28. The summed E-state index contributed by atoms with van der Waals surface area (Å²) in [6.45, 7) is 1.99. The standard InChI is InChI=1S/C21H21N3O4/c1-2-18(25)22-16-4-3-5-17(12-16)23-21(28)15-8-6-14(7-9-15)13-24-19(26)10-11-20(24)27/h3-9,12H,2,10-11,13H2,1H3,(H,22,25)(H,23,28). The van der Waals surface area contributed by atoms with E-state index in [0.717, 1.165) is 5.56 Å². The van der Waals surface area contributed by atoms with Gasteiger partial charge >= 0.3 is 0 Å². The minimum atomic E-state index is -0.293. The Hall–Kier alpha value is -3.48. The van der Waals surface area contributed by atoms with Crippen molar-refractivity contribution in [3.8, 4) is 0 Å². The molecule has 1 fully saturated rings. The Morgan fingerprint density at radius 1 is 0.929 bits per heavy atom. The first-order chi connectivity index (χ1) is 13.5. The second-order valence-electron chi connectivity index (χ2n) is 6.51. The third-order valence-electron chi connectivity index (χ3n) is 4.44. The quantitative estimate of drug-likeness (QED) is 0.755. The van der Waals surface area contributed by atoms with Crippen LogP contribution < -0.4 is 10.6 Å². The summed E-state index contributed by atoms with van der Waals surface area (Å²) >= 11 is 0. The zero-order valence-corrected chi connectivity index (χ0v) is 15.5. The van der Waals surface area contributed by atoms with Crippen LogP contribution in [0.2, 0.25) is 0 Å². The fraction of sp³-hybridized carbons (Fsp3) is 0.238. The Kier molecular flexibility index (Phi) is 5.84.